The van der Waals surface area contributed by atoms with E-state index in [0.29, 0.717) is 5.56 Å². The number of hydrogen-bond acceptors (Lipinski definition) is 2. The zero-order valence-electron chi connectivity index (χ0n) is 7.90. The smallest absolute Gasteiger partial charge is 0.251 e. The number of nitrogens with zero attached hydrogens (tertiary/aromatic N) is 1. The summed E-state index contributed by atoms with van der Waals surface area (Å²) in [6, 6.07) is 9.02. The van der Waals surface area contributed by atoms with E-state index in [2.05, 4.69) is 0 Å². The summed E-state index contributed by atoms with van der Waals surface area (Å²) in [4.78, 5) is 11.5. The van der Waals surface area contributed by atoms with Crippen LogP contribution in [0.15, 0.2) is 35.1 Å². The molecule has 3 heteroatoms. The standard InChI is InChI=1S/C11H11NO2/c1-12-10-5-3-2-4-9(10)8(7-13)6-11(12)14/h2-6,13H,7H2,1H3. The lowest BCUT2D eigenvalue weighted by Crippen LogP contribution is -2.17. The Labute approximate surface area is 81.2 Å². The summed E-state index contributed by atoms with van der Waals surface area (Å²) >= 11 is 0. The molecule has 2 aromatic rings. The SMILES string of the molecule is Cn1c(=O)cc(CO)c2ccccc21. The molecule has 0 aliphatic heterocycles. The van der Waals surface area contributed by atoms with Gasteiger partial charge in [0.1, 0.15) is 0 Å². The van der Waals surface area contributed by atoms with Crippen LogP contribution in [0.4, 0.5) is 0 Å². The van der Waals surface area contributed by atoms with Crippen molar-refractivity contribution in [1.29, 1.82) is 0 Å². The zero-order chi connectivity index (χ0) is 10.1. The van der Waals surface area contributed by atoms with Crippen LogP contribution in [0, 0.1) is 0 Å². The molecule has 1 aromatic heterocycles. The minimum atomic E-state index is -0.101. The van der Waals surface area contributed by atoms with Crippen LogP contribution in [0.1, 0.15) is 5.56 Å². The van der Waals surface area contributed by atoms with Crippen molar-refractivity contribution >= 4 is 10.9 Å². The Bertz CT molecular complexity index is 528. The average molecular weight is 189 g/mol. The number of benzene rings is 1. The van der Waals surface area contributed by atoms with E-state index in [1.165, 1.54) is 6.07 Å². The Hall–Kier alpha value is -1.61. The quantitative estimate of drug-likeness (QED) is 0.728. The average Bonchev–Trinajstić information content (AvgIpc) is 2.23. The highest BCUT2D eigenvalue weighted by atomic mass is 16.3. The van der Waals surface area contributed by atoms with Crippen LogP contribution in [-0.4, -0.2) is 9.67 Å². The summed E-state index contributed by atoms with van der Waals surface area (Å²) in [5, 5.41) is 10.0. The minimum Gasteiger partial charge on any atom is -0.392 e. The summed E-state index contributed by atoms with van der Waals surface area (Å²) in [7, 11) is 1.73. The van der Waals surface area contributed by atoms with E-state index in [-0.39, 0.29) is 12.2 Å². The van der Waals surface area contributed by atoms with Gasteiger partial charge in [-0.3, -0.25) is 4.79 Å². The molecule has 2 rings (SSSR count). The fourth-order valence-electron chi connectivity index (χ4n) is 1.61. The van der Waals surface area contributed by atoms with Gasteiger partial charge >= 0.3 is 0 Å². The first-order valence-corrected chi connectivity index (χ1v) is 4.42. The van der Waals surface area contributed by atoms with E-state index in [1.807, 2.05) is 24.3 Å². The summed E-state index contributed by atoms with van der Waals surface area (Å²) in [5.74, 6) is 0. The molecule has 1 aromatic carbocycles. The maximum absolute atomic E-state index is 11.5. The second-order valence-corrected chi connectivity index (χ2v) is 3.24. The lowest BCUT2D eigenvalue weighted by molar-refractivity contribution is 0.283. The van der Waals surface area contributed by atoms with Crippen molar-refractivity contribution in [3.63, 3.8) is 0 Å². The monoisotopic (exact) mass is 189 g/mol. The molecule has 0 spiro atoms. The maximum Gasteiger partial charge on any atom is 0.251 e. The van der Waals surface area contributed by atoms with Gasteiger partial charge in [0.15, 0.2) is 0 Å². The molecule has 0 aliphatic carbocycles. The number of aromatic nitrogens is 1. The van der Waals surface area contributed by atoms with Gasteiger partial charge in [0, 0.05) is 18.5 Å². The third kappa shape index (κ3) is 1.22. The fourth-order valence-corrected chi connectivity index (χ4v) is 1.61. The first kappa shape index (κ1) is 8.97. The van der Waals surface area contributed by atoms with Crippen LogP contribution < -0.4 is 5.56 Å². The molecule has 0 amide bonds. The number of rotatable bonds is 1. The van der Waals surface area contributed by atoms with E-state index in [0.717, 1.165) is 10.9 Å². The van der Waals surface area contributed by atoms with Crippen LogP contribution in [0.25, 0.3) is 10.9 Å². The van der Waals surface area contributed by atoms with Crippen LogP contribution >= 0.6 is 0 Å². The highest BCUT2D eigenvalue weighted by molar-refractivity contribution is 5.82. The van der Waals surface area contributed by atoms with Gasteiger partial charge in [-0.05, 0) is 11.6 Å². The number of fused-ring (bicyclic) bond motifs is 1. The lowest BCUT2D eigenvalue weighted by Gasteiger charge is -2.07. The fraction of sp³-hybridized carbons (Fsp3) is 0.182. The predicted octanol–water partition coefficient (Wildman–Crippen LogP) is 1.03. The van der Waals surface area contributed by atoms with Crippen LogP contribution in [0.5, 0.6) is 0 Å². The van der Waals surface area contributed by atoms with Gasteiger partial charge in [0.25, 0.3) is 5.56 Å². The second kappa shape index (κ2) is 3.27. The number of para-hydroxylation sites is 1. The Balaban J connectivity index is 2.97. The highest BCUT2D eigenvalue weighted by Gasteiger charge is 2.03. The number of hydrogen-bond donors (Lipinski definition) is 1. The Morgan fingerprint density at radius 1 is 1.36 bits per heavy atom. The molecule has 0 aliphatic rings. The Morgan fingerprint density at radius 3 is 2.79 bits per heavy atom. The van der Waals surface area contributed by atoms with Crippen molar-refractivity contribution in [3.05, 3.63) is 46.2 Å². The zero-order valence-corrected chi connectivity index (χ0v) is 7.90. The second-order valence-electron chi connectivity index (χ2n) is 3.24. The third-order valence-corrected chi connectivity index (χ3v) is 2.41. The molecular formula is C11H11NO2. The van der Waals surface area contributed by atoms with E-state index < -0.39 is 0 Å². The van der Waals surface area contributed by atoms with Gasteiger partial charge in [0.2, 0.25) is 0 Å². The van der Waals surface area contributed by atoms with Gasteiger partial charge in [-0.2, -0.15) is 0 Å². The molecule has 0 saturated heterocycles. The molecule has 1 N–H and O–H groups in total. The van der Waals surface area contributed by atoms with Crippen LogP contribution in [0.3, 0.4) is 0 Å². The topological polar surface area (TPSA) is 42.2 Å². The first-order chi connectivity index (χ1) is 6.74. The van der Waals surface area contributed by atoms with Crippen molar-refractivity contribution in [2.75, 3.05) is 0 Å². The normalized spacial score (nSPS) is 10.7. The Kier molecular flexibility index (Phi) is 2.09. The molecule has 0 radical (unpaired) electrons. The van der Waals surface area contributed by atoms with Gasteiger partial charge in [-0.15, -0.1) is 0 Å². The summed E-state index contributed by atoms with van der Waals surface area (Å²) in [6.07, 6.45) is 0. The van der Waals surface area contributed by atoms with Crippen molar-refractivity contribution < 1.29 is 5.11 Å². The van der Waals surface area contributed by atoms with Crippen molar-refractivity contribution in [3.8, 4) is 0 Å². The summed E-state index contributed by atoms with van der Waals surface area (Å²) in [5.41, 5.74) is 1.44. The van der Waals surface area contributed by atoms with Gasteiger partial charge in [-0.25, -0.2) is 0 Å². The number of aliphatic hydroxyl groups is 1. The van der Waals surface area contributed by atoms with Crippen molar-refractivity contribution in [1.82, 2.24) is 4.57 Å². The molecule has 0 unspecified atom stereocenters. The molecule has 0 bridgehead atoms. The van der Waals surface area contributed by atoms with Gasteiger partial charge < -0.3 is 9.67 Å². The van der Waals surface area contributed by atoms with Crippen LogP contribution in [0.2, 0.25) is 0 Å². The van der Waals surface area contributed by atoms with Crippen molar-refractivity contribution in [2.24, 2.45) is 7.05 Å². The van der Waals surface area contributed by atoms with E-state index in [1.54, 1.807) is 11.6 Å². The maximum atomic E-state index is 11.5. The molecule has 0 fully saturated rings. The third-order valence-electron chi connectivity index (χ3n) is 2.41. The van der Waals surface area contributed by atoms with E-state index in [9.17, 15) is 4.79 Å². The molecule has 14 heavy (non-hydrogen) atoms. The van der Waals surface area contributed by atoms with Crippen molar-refractivity contribution in [2.45, 2.75) is 6.61 Å². The minimum absolute atomic E-state index is 0.0900. The van der Waals surface area contributed by atoms with Crippen LogP contribution in [-0.2, 0) is 13.7 Å². The number of aryl methyl sites for hydroxylation is 1. The summed E-state index contributed by atoms with van der Waals surface area (Å²) < 4.78 is 1.58. The predicted molar refractivity (Wildman–Crippen MR) is 55.1 cm³/mol. The lowest BCUT2D eigenvalue weighted by atomic mass is 10.1. The van der Waals surface area contributed by atoms with Gasteiger partial charge in [-0.1, -0.05) is 18.2 Å². The summed E-state index contributed by atoms with van der Waals surface area (Å²) in [6.45, 7) is -0.101. The molecule has 3 nitrogen and oxygen atoms in total. The first-order valence-electron chi connectivity index (χ1n) is 4.42. The molecule has 0 saturated carbocycles. The number of pyridine rings is 1. The molecule has 72 valence electrons. The van der Waals surface area contributed by atoms with E-state index >= 15 is 0 Å². The highest BCUT2D eigenvalue weighted by Crippen LogP contribution is 2.15. The largest absolute Gasteiger partial charge is 0.392 e. The van der Waals surface area contributed by atoms with Gasteiger partial charge in [0.05, 0.1) is 12.1 Å². The number of aliphatic hydroxyl groups excluding tert-OH is 1. The molecule has 0 atom stereocenters. The van der Waals surface area contributed by atoms with E-state index in [4.69, 9.17) is 5.11 Å². The molecular weight excluding hydrogens is 178 g/mol. The Morgan fingerprint density at radius 2 is 2.07 bits per heavy atom. The molecule has 1 heterocycles.